The van der Waals surface area contributed by atoms with Gasteiger partial charge in [-0.1, -0.05) is 97.1 Å². The Kier molecular flexibility index (Phi) is 10.2. The second kappa shape index (κ2) is 15.8. The first-order chi connectivity index (χ1) is 27.9. The van der Waals surface area contributed by atoms with Gasteiger partial charge in [0.2, 0.25) is 0 Å². The normalized spacial score (nSPS) is 11.4. The minimum absolute atomic E-state index is 0.369. The molecule has 0 fully saturated rings. The van der Waals surface area contributed by atoms with Gasteiger partial charge in [0.05, 0.1) is 9.77 Å². The fourth-order valence-electron chi connectivity index (χ4n) is 6.94. The molecule has 0 amide bonds. The molecule has 0 aliphatic heterocycles. The number of rotatable bonds is 11. The van der Waals surface area contributed by atoms with Gasteiger partial charge in [0.25, 0.3) is 0 Å². The molecule has 4 nitrogen and oxygen atoms in total. The Morgan fingerprint density at radius 1 is 0.351 bits per heavy atom. The minimum atomic E-state index is -3.48. The van der Waals surface area contributed by atoms with Gasteiger partial charge in [-0.15, -0.1) is 34.0 Å². The van der Waals surface area contributed by atoms with Gasteiger partial charge in [0, 0.05) is 64.8 Å². The number of anilines is 6. The van der Waals surface area contributed by atoms with Gasteiger partial charge in [-0.3, -0.25) is 0 Å². The Morgan fingerprint density at radius 2 is 0.684 bits per heavy atom. The van der Waals surface area contributed by atoms with Crippen molar-refractivity contribution in [1.29, 1.82) is 0 Å². The lowest BCUT2D eigenvalue weighted by Crippen LogP contribution is -2.09. The molecule has 9 aromatic rings. The number of hydrogen-bond acceptors (Lipinski definition) is 7. The molecule has 6 aromatic carbocycles. The molecule has 0 aliphatic carbocycles. The molecule has 3 heterocycles. The highest BCUT2D eigenvalue weighted by Gasteiger charge is 2.23. The summed E-state index contributed by atoms with van der Waals surface area (Å²) in [6.07, 6.45) is 1.30. The SMILES string of the molecule is CS(=O)(=O)c1cc(-c2ccc(-c3ccc(N(c4ccccc4)c4ccccc4)cc3)s2)sc1-c1ccc(-c2ccc(N(c3ccccc3)c3ccccc3)cc2)s1. The van der Waals surface area contributed by atoms with E-state index in [1.54, 1.807) is 34.0 Å². The Hall–Kier alpha value is -6.03. The van der Waals surface area contributed by atoms with Crippen LogP contribution in [0.25, 0.3) is 40.4 Å². The average molecular weight is 813 g/mol. The van der Waals surface area contributed by atoms with Gasteiger partial charge in [0.1, 0.15) is 0 Å². The second-order valence-electron chi connectivity index (χ2n) is 13.5. The van der Waals surface area contributed by atoms with Crippen LogP contribution in [0.5, 0.6) is 0 Å². The molecule has 0 saturated carbocycles. The van der Waals surface area contributed by atoms with Gasteiger partial charge in [-0.25, -0.2) is 8.42 Å². The highest BCUT2D eigenvalue weighted by Crippen LogP contribution is 2.47. The maximum absolute atomic E-state index is 13.2. The molecular weight excluding hydrogens is 777 g/mol. The van der Waals surface area contributed by atoms with E-state index in [9.17, 15) is 8.42 Å². The van der Waals surface area contributed by atoms with Crippen molar-refractivity contribution in [3.05, 3.63) is 200 Å². The number of benzene rings is 6. The van der Waals surface area contributed by atoms with Crippen molar-refractivity contribution in [2.45, 2.75) is 4.90 Å². The van der Waals surface area contributed by atoms with E-state index in [0.717, 1.165) is 74.5 Å². The summed E-state index contributed by atoms with van der Waals surface area (Å²) >= 11 is 4.84. The fraction of sp³-hybridized carbons (Fsp3) is 0.0204. The average Bonchev–Trinajstić information content (AvgIpc) is 4.04. The summed E-state index contributed by atoms with van der Waals surface area (Å²) in [5.41, 5.74) is 8.68. The quantitative estimate of drug-likeness (QED) is 0.130. The van der Waals surface area contributed by atoms with Crippen LogP contribution in [0.1, 0.15) is 0 Å². The van der Waals surface area contributed by atoms with Crippen molar-refractivity contribution < 1.29 is 8.42 Å². The molecule has 0 radical (unpaired) electrons. The van der Waals surface area contributed by atoms with E-state index >= 15 is 0 Å². The smallest absolute Gasteiger partial charge is 0.177 e. The van der Waals surface area contributed by atoms with E-state index in [2.05, 4.69) is 174 Å². The Balaban J connectivity index is 0.984. The predicted molar refractivity (Wildman–Crippen MR) is 244 cm³/mol. The first-order valence-corrected chi connectivity index (χ1v) is 22.8. The third kappa shape index (κ3) is 7.73. The Bertz CT molecular complexity index is 2770. The lowest BCUT2D eigenvalue weighted by molar-refractivity contribution is 0.602. The molecule has 0 saturated heterocycles. The molecule has 8 heteroatoms. The third-order valence-electron chi connectivity index (χ3n) is 9.65. The molecule has 3 aromatic heterocycles. The van der Waals surface area contributed by atoms with E-state index < -0.39 is 9.84 Å². The summed E-state index contributed by atoms with van der Waals surface area (Å²) in [5, 5.41) is 0. The predicted octanol–water partition coefficient (Wildman–Crippen LogP) is 14.9. The monoisotopic (exact) mass is 812 g/mol. The maximum Gasteiger partial charge on any atom is 0.177 e. The molecule has 0 bridgehead atoms. The highest BCUT2D eigenvalue weighted by molar-refractivity contribution is 7.91. The highest BCUT2D eigenvalue weighted by atomic mass is 32.2. The summed E-state index contributed by atoms with van der Waals surface area (Å²) in [6, 6.07) is 68.9. The van der Waals surface area contributed by atoms with Gasteiger partial charge in [0.15, 0.2) is 9.84 Å². The van der Waals surface area contributed by atoms with Gasteiger partial charge >= 0.3 is 0 Å². The number of thiophene rings is 3. The summed E-state index contributed by atoms with van der Waals surface area (Å²) in [7, 11) is -3.48. The van der Waals surface area contributed by atoms with E-state index in [4.69, 9.17) is 0 Å². The molecule has 0 atom stereocenters. The Morgan fingerprint density at radius 3 is 1.07 bits per heavy atom. The van der Waals surface area contributed by atoms with E-state index in [1.165, 1.54) is 6.26 Å². The third-order valence-corrected chi connectivity index (χ3v) is 14.7. The molecule has 0 N–H and O–H groups in total. The second-order valence-corrected chi connectivity index (χ2v) is 18.7. The number of para-hydroxylation sites is 4. The molecule has 0 unspecified atom stereocenters. The van der Waals surface area contributed by atoms with E-state index in [-0.39, 0.29) is 0 Å². The van der Waals surface area contributed by atoms with E-state index in [1.807, 2.05) is 36.4 Å². The molecule has 9 rings (SSSR count). The minimum Gasteiger partial charge on any atom is -0.311 e. The van der Waals surface area contributed by atoms with Crippen molar-refractivity contribution in [2.75, 3.05) is 16.1 Å². The Labute approximate surface area is 345 Å². The van der Waals surface area contributed by atoms with E-state index in [0.29, 0.717) is 4.90 Å². The molecular formula is C49H36N2O2S4. The van der Waals surface area contributed by atoms with Gasteiger partial charge in [-0.05, 0) is 114 Å². The number of hydrogen-bond donors (Lipinski definition) is 0. The fourth-order valence-corrected chi connectivity index (χ4v) is 11.7. The topological polar surface area (TPSA) is 40.6 Å². The zero-order valence-corrected chi connectivity index (χ0v) is 34.2. The largest absolute Gasteiger partial charge is 0.311 e. The summed E-state index contributed by atoms with van der Waals surface area (Å²) in [5.74, 6) is 0. The van der Waals surface area contributed by atoms with Crippen LogP contribution in [0, 0.1) is 0 Å². The van der Waals surface area contributed by atoms with Crippen LogP contribution in [0.3, 0.4) is 0 Å². The lowest BCUT2D eigenvalue weighted by atomic mass is 10.1. The molecule has 278 valence electrons. The van der Waals surface area contributed by atoms with Gasteiger partial charge < -0.3 is 9.80 Å². The summed E-state index contributed by atoms with van der Waals surface area (Å²) < 4.78 is 26.4. The van der Waals surface area contributed by atoms with Crippen LogP contribution in [-0.2, 0) is 9.84 Å². The summed E-state index contributed by atoms with van der Waals surface area (Å²) in [4.78, 5) is 10.8. The number of sulfone groups is 1. The van der Waals surface area contributed by atoms with Crippen LogP contribution in [-0.4, -0.2) is 14.7 Å². The lowest BCUT2D eigenvalue weighted by Gasteiger charge is -2.25. The summed E-state index contributed by atoms with van der Waals surface area (Å²) in [6.45, 7) is 0. The zero-order chi connectivity index (χ0) is 38.8. The standard InChI is InChI=1S/C49H36N2O2S4/c1-57(52,53)48-34-47(45-32-30-43(54-45)35-22-26-41(27-23-35)50(37-14-6-2-7-15-37)38-16-8-3-9-17-38)56-49(48)46-33-31-44(55-46)36-24-28-42(29-25-36)51(39-18-10-4-11-19-39)40-20-12-5-13-21-40/h2-34H,1H3. The molecule has 0 spiro atoms. The number of nitrogens with zero attached hydrogens (tertiary/aromatic N) is 2. The van der Waals surface area contributed by atoms with Crippen LogP contribution < -0.4 is 9.80 Å². The molecule has 0 aliphatic rings. The van der Waals surface area contributed by atoms with Crippen molar-refractivity contribution >= 4 is 78.0 Å². The van der Waals surface area contributed by atoms with Crippen LogP contribution >= 0.6 is 34.0 Å². The van der Waals surface area contributed by atoms with Crippen LogP contribution in [0.2, 0.25) is 0 Å². The first kappa shape index (κ1) is 36.6. The van der Waals surface area contributed by atoms with Crippen molar-refractivity contribution in [1.82, 2.24) is 0 Å². The molecule has 57 heavy (non-hydrogen) atoms. The van der Waals surface area contributed by atoms with Crippen LogP contribution in [0.4, 0.5) is 34.1 Å². The van der Waals surface area contributed by atoms with Crippen LogP contribution in [0.15, 0.2) is 205 Å². The zero-order valence-electron chi connectivity index (χ0n) is 30.9. The first-order valence-electron chi connectivity index (χ1n) is 18.4. The van der Waals surface area contributed by atoms with Crippen molar-refractivity contribution in [2.24, 2.45) is 0 Å². The van der Waals surface area contributed by atoms with Crippen molar-refractivity contribution in [3.63, 3.8) is 0 Å². The van der Waals surface area contributed by atoms with Crippen molar-refractivity contribution in [3.8, 4) is 40.4 Å². The maximum atomic E-state index is 13.2. The van der Waals surface area contributed by atoms with Gasteiger partial charge in [-0.2, -0.15) is 0 Å².